The highest BCUT2D eigenvalue weighted by Crippen LogP contribution is 2.41. The van der Waals surface area contributed by atoms with Crippen molar-refractivity contribution in [2.24, 2.45) is 0 Å². The van der Waals surface area contributed by atoms with Crippen LogP contribution in [-0.2, 0) is 15.8 Å². The van der Waals surface area contributed by atoms with Crippen LogP contribution in [0.15, 0.2) is 69.1 Å². The molecule has 0 saturated heterocycles. The van der Waals surface area contributed by atoms with Crippen LogP contribution in [0.25, 0.3) is 5.57 Å². The zero-order chi connectivity index (χ0) is 23.7. The molecule has 1 aliphatic rings. The van der Waals surface area contributed by atoms with Crippen molar-refractivity contribution in [1.29, 1.82) is 5.26 Å². The topological polar surface area (TPSA) is 53.3 Å². The SMILES string of the molecule is CC(/C=C/[C@@](C)(C#N)O[Si](C)(C)C)=C1/C(=O)N(Cc2ccc(Br)cc2)c2ccc(Br)cc21. The third-order valence-electron chi connectivity index (χ3n) is 5.02. The number of hydrogen-bond acceptors (Lipinski definition) is 3. The molecular weight excluding hydrogens is 548 g/mol. The van der Waals surface area contributed by atoms with E-state index in [1.54, 1.807) is 17.9 Å². The Morgan fingerprint density at radius 3 is 2.38 bits per heavy atom. The van der Waals surface area contributed by atoms with Gasteiger partial charge < -0.3 is 9.33 Å². The summed E-state index contributed by atoms with van der Waals surface area (Å²) in [5.41, 5.74) is 3.21. The Hall–Kier alpha value is -1.98. The maximum absolute atomic E-state index is 13.5. The van der Waals surface area contributed by atoms with Crippen molar-refractivity contribution in [3.63, 3.8) is 0 Å². The molecule has 32 heavy (non-hydrogen) atoms. The fraction of sp³-hybridized carbons (Fsp3) is 0.280. The van der Waals surface area contributed by atoms with Crippen molar-refractivity contribution in [1.82, 2.24) is 0 Å². The molecule has 0 fully saturated rings. The summed E-state index contributed by atoms with van der Waals surface area (Å²) >= 11 is 7.00. The lowest BCUT2D eigenvalue weighted by Crippen LogP contribution is -2.38. The minimum Gasteiger partial charge on any atom is -0.397 e. The van der Waals surface area contributed by atoms with Gasteiger partial charge in [-0.05, 0) is 81.0 Å². The van der Waals surface area contributed by atoms with Crippen LogP contribution in [0.1, 0.15) is 25.0 Å². The van der Waals surface area contributed by atoms with E-state index in [0.717, 1.165) is 31.3 Å². The van der Waals surface area contributed by atoms with Crippen LogP contribution in [0.2, 0.25) is 19.6 Å². The second-order valence-electron chi connectivity index (χ2n) is 9.00. The molecule has 0 unspecified atom stereocenters. The predicted octanol–water partition coefficient (Wildman–Crippen LogP) is 7.22. The lowest BCUT2D eigenvalue weighted by Gasteiger charge is -2.27. The lowest BCUT2D eigenvalue weighted by atomic mass is 10.00. The molecule has 1 amide bonds. The Labute approximate surface area is 208 Å². The molecule has 166 valence electrons. The summed E-state index contributed by atoms with van der Waals surface area (Å²) in [6.07, 6.45) is 3.60. The van der Waals surface area contributed by atoms with Gasteiger partial charge in [-0.15, -0.1) is 0 Å². The molecule has 2 aromatic rings. The molecule has 0 radical (unpaired) electrons. The summed E-state index contributed by atoms with van der Waals surface area (Å²) in [6, 6.07) is 16.1. The fourth-order valence-corrected chi connectivity index (χ4v) is 5.72. The molecule has 0 bridgehead atoms. The Kier molecular flexibility index (Phi) is 7.30. The van der Waals surface area contributed by atoms with Crippen LogP contribution in [0.5, 0.6) is 0 Å². The van der Waals surface area contributed by atoms with Gasteiger partial charge in [0.2, 0.25) is 0 Å². The molecule has 1 aliphatic heterocycles. The first kappa shape index (κ1) is 24.7. The Bertz CT molecular complexity index is 1140. The van der Waals surface area contributed by atoms with Gasteiger partial charge in [0.05, 0.1) is 17.8 Å². The van der Waals surface area contributed by atoms with Crippen LogP contribution in [0, 0.1) is 11.3 Å². The highest BCUT2D eigenvalue weighted by Gasteiger charge is 2.34. The molecule has 0 aromatic heterocycles. The standard InChI is InChI=1S/C25H26Br2N2O2Si/c1-17(12-13-25(2,16-28)31-32(3,4)5)23-21-14-20(27)10-11-22(21)29(24(23)30)15-18-6-8-19(26)9-7-18/h6-14H,15H2,1-5H3/b13-12+,23-17-/t25-/m0/s1. The first-order chi connectivity index (χ1) is 14.9. The second-order valence-corrected chi connectivity index (χ2v) is 15.3. The van der Waals surface area contributed by atoms with E-state index in [1.807, 2.05) is 55.5 Å². The molecule has 3 rings (SSSR count). The molecule has 0 aliphatic carbocycles. The smallest absolute Gasteiger partial charge is 0.259 e. The van der Waals surface area contributed by atoms with Gasteiger partial charge in [0.1, 0.15) is 6.07 Å². The van der Waals surface area contributed by atoms with E-state index in [4.69, 9.17) is 4.43 Å². The van der Waals surface area contributed by atoms with Gasteiger partial charge in [-0.25, -0.2) is 0 Å². The fourth-order valence-electron chi connectivity index (χ4n) is 3.71. The van der Waals surface area contributed by atoms with E-state index >= 15 is 0 Å². The van der Waals surface area contributed by atoms with Gasteiger partial charge in [-0.2, -0.15) is 5.26 Å². The molecule has 1 heterocycles. The first-order valence-corrected chi connectivity index (χ1v) is 15.3. The maximum Gasteiger partial charge on any atom is 0.259 e. The number of rotatable bonds is 6. The van der Waals surface area contributed by atoms with Gasteiger partial charge >= 0.3 is 0 Å². The second kappa shape index (κ2) is 9.48. The minimum atomic E-state index is -1.93. The molecule has 7 heteroatoms. The van der Waals surface area contributed by atoms with E-state index in [2.05, 4.69) is 57.6 Å². The summed E-state index contributed by atoms with van der Waals surface area (Å²) in [7, 11) is -1.93. The number of allylic oxidation sites excluding steroid dienone is 2. The summed E-state index contributed by atoms with van der Waals surface area (Å²) in [4.78, 5) is 15.3. The molecule has 2 aromatic carbocycles. The molecule has 0 N–H and O–H groups in total. The average Bonchev–Trinajstić information content (AvgIpc) is 2.97. The normalized spacial score (nSPS) is 17.3. The number of carbonyl (C=O) groups excluding carboxylic acids is 1. The molecular formula is C25H26Br2N2O2Si. The number of anilines is 1. The van der Waals surface area contributed by atoms with E-state index in [1.165, 1.54) is 0 Å². The van der Waals surface area contributed by atoms with Crippen LogP contribution >= 0.6 is 31.9 Å². The van der Waals surface area contributed by atoms with E-state index in [9.17, 15) is 10.1 Å². The van der Waals surface area contributed by atoms with Crippen molar-refractivity contribution in [2.75, 3.05) is 4.90 Å². The van der Waals surface area contributed by atoms with E-state index in [-0.39, 0.29) is 5.91 Å². The number of carbonyl (C=O) groups is 1. The van der Waals surface area contributed by atoms with E-state index in [0.29, 0.717) is 12.1 Å². The van der Waals surface area contributed by atoms with Gasteiger partial charge in [0.15, 0.2) is 13.9 Å². The van der Waals surface area contributed by atoms with Crippen LogP contribution in [0.3, 0.4) is 0 Å². The number of halogens is 2. The van der Waals surface area contributed by atoms with Gasteiger partial charge in [0.25, 0.3) is 5.91 Å². The summed E-state index contributed by atoms with van der Waals surface area (Å²) in [5.74, 6) is -0.0482. The Morgan fingerprint density at radius 1 is 1.16 bits per heavy atom. The Balaban J connectivity index is 2.01. The minimum absolute atomic E-state index is 0.0482. The largest absolute Gasteiger partial charge is 0.397 e. The van der Waals surface area contributed by atoms with Crippen molar-refractivity contribution in [2.45, 2.75) is 45.6 Å². The number of hydrogen-bond donors (Lipinski definition) is 0. The van der Waals surface area contributed by atoms with Crippen LogP contribution in [0.4, 0.5) is 5.69 Å². The van der Waals surface area contributed by atoms with E-state index < -0.39 is 13.9 Å². The average molecular weight is 574 g/mol. The highest BCUT2D eigenvalue weighted by molar-refractivity contribution is 9.10. The number of nitrogens with zero attached hydrogens (tertiary/aromatic N) is 2. The zero-order valence-corrected chi connectivity index (χ0v) is 23.0. The quantitative estimate of drug-likeness (QED) is 0.271. The van der Waals surface area contributed by atoms with Gasteiger partial charge in [0, 0.05) is 14.5 Å². The molecule has 0 spiro atoms. The molecule has 4 nitrogen and oxygen atoms in total. The number of benzene rings is 2. The highest BCUT2D eigenvalue weighted by atomic mass is 79.9. The molecule has 1 atom stereocenters. The van der Waals surface area contributed by atoms with Crippen molar-refractivity contribution in [3.8, 4) is 6.07 Å². The summed E-state index contributed by atoms with van der Waals surface area (Å²) < 4.78 is 7.99. The number of fused-ring (bicyclic) bond motifs is 1. The predicted molar refractivity (Wildman–Crippen MR) is 140 cm³/mol. The van der Waals surface area contributed by atoms with Crippen molar-refractivity contribution < 1.29 is 9.22 Å². The van der Waals surface area contributed by atoms with Gasteiger partial charge in [-0.3, -0.25) is 4.79 Å². The van der Waals surface area contributed by atoms with Crippen LogP contribution in [-0.4, -0.2) is 19.8 Å². The summed E-state index contributed by atoms with van der Waals surface area (Å²) in [6.45, 7) is 10.3. The third-order valence-corrected chi connectivity index (χ3v) is 7.08. The number of amides is 1. The van der Waals surface area contributed by atoms with Crippen molar-refractivity contribution >= 4 is 57.3 Å². The Morgan fingerprint density at radius 2 is 1.78 bits per heavy atom. The third kappa shape index (κ3) is 5.68. The lowest BCUT2D eigenvalue weighted by molar-refractivity contribution is -0.113. The van der Waals surface area contributed by atoms with Crippen LogP contribution < -0.4 is 4.90 Å². The zero-order valence-electron chi connectivity index (χ0n) is 18.9. The number of nitriles is 1. The monoisotopic (exact) mass is 572 g/mol. The molecule has 0 saturated carbocycles. The summed E-state index contributed by atoms with van der Waals surface area (Å²) in [5, 5.41) is 9.69. The first-order valence-electron chi connectivity index (χ1n) is 10.3. The van der Waals surface area contributed by atoms with Gasteiger partial charge in [-0.1, -0.05) is 50.1 Å². The van der Waals surface area contributed by atoms with Crippen molar-refractivity contribution in [3.05, 3.63) is 80.3 Å². The maximum atomic E-state index is 13.5.